The minimum atomic E-state index is -3.66. The Bertz CT molecular complexity index is 596. The van der Waals surface area contributed by atoms with E-state index in [9.17, 15) is 13.2 Å². The molecule has 0 atom stereocenters. The Kier molecular flexibility index (Phi) is 6.36. The van der Waals surface area contributed by atoms with Crippen LogP contribution in [0.5, 0.6) is 5.75 Å². The van der Waals surface area contributed by atoms with Gasteiger partial charge in [-0.1, -0.05) is 20.3 Å². The first kappa shape index (κ1) is 17.7. The van der Waals surface area contributed by atoms with Crippen molar-refractivity contribution in [1.82, 2.24) is 4.31 Å². The van der Waals surface area contributed by atoms with Gasteiger partial charge in [-0.3, -0.25) is 4.79 Å². The molecular formula is C15H23NO4S. The van der Waals surface area contributed by atoms with E-state index in [-0.39, 0.29) is 16.4 Å². The van der Waals surface area contributed by atoms with E-state index in [4.69, 9.17) is 4.74 Å². The van der Waals surface area contributed by atoms with Crippen LogP contribution in [-0.2, 0) is 10.0 Å². The fourth-order valence-corrected chi connectivity index (χ4v) is 3.31. The first-order chi connectivity index (χ1) is 9.88. The topological polar surface area (TPSA) is 63.7 Å². The van der Waals surface area contributed by atoms with Crippen molar-refractivity contribution in [1.29, 1.82) is 0 Å². The zero-order valence-electron chi connectivity index (χ0n) is 13.0. The molecule has 0 saturated heterocycles. The van der Waals surface area contributed by atoms with Crippen molar-refractivity contribution in [3.63, 3.8) is 0 Å². The van der Waals surface area contributed by atoms with Crippen LogP contribution >= 0.6 is 0 Å². The molecule has 0 aliphatic rings. The highest BCUT2D eigenvalue weighted by Crippen LogP contribution is 2.28. The van der Waals surface area contributed by atoms with Crippen molar-refractivity contribution >= 4 is 15.8 Å². The third kappa shape index (κ3) is 4.04. The summed E-state index contributed by atoms with van der Waals surface area (Å²) in [6.07, 6.45) is 2.02. The fraction of sp³-hybridized carbons (Fsp3) is 0.533. The van der Waals surface area contributed by atoms with Crippen LogP contribution in [0.4, 0.5) is 0 Å². The molecule has 0 aliphatic carbocycles. The number of Topliss-reactive ketones (excluding diaryl/α,β-unsaturated/α-hetero) is 1. The number of hydrogen-bond acceptors (Lipinski definition) is 4. The molecule has 0 bridgehead atoms. The van der Waals surface area contributed by atoms with E-state index < -0.39 is 10.0 Å². The molecule has 0 radical (unpaired) electrons. The number of hydrogen-bond donors (Lipinski definition) is 0. The van der Waals surface area contributed by atoms with E-state index >= 15 is 0 Å². The third-order valence-electron chi connectivity index (χ3n) is 3.32. The lowest BCUT2D eigenvalue weighted by molar-refractivity contribution is 0.0988. The second kappa shape index (κ2) is 7.56. The summed E-state index contributed by atoms with van der Waals surface area (Å²) in [6, 6.07) is 4.53. The number of carbonyl (C=O) groups excluding carboxylic acids is 1. The smallest absolute Gasteiger partial charge is 0.246 e. The summed E-state index contributed by atoms with van der Waals surface area (Å²) < 4.78 is 31.7. The molecule has 0 fully saturated rings. The molecule has 1 aromatic rings. The Hall–Kier alpha value is -1.40. The van der Waals surface area contributed by atoms with E-state index in [0.29, 0.717) is 18.5 Å². The second-order valence-electron chi connectivity index (χ2n) is 4.82. The molecule has 21 heavy (non-hydrogen) atoms. The molecule has 5 nitrogen and oxygen atoms in total. The number of nitrogens with zero attached hydrogens (tertiary/aromatic N) is 1. The molecule has 0 aromatic heterocycles. The zero-order chi connectivity index (χ0) is 16.0. The number of unbranched alkanes of at least 4 members (excludes halogenated alkanes) is 1. The monoisotopic (exact) mass is 313 g/mol. The summed E-state index contributed by atoms with van der Waals surface area (Å²) in [5.41, 5.74) is 0.390. The van der Waals surface area contributed by atoms with Gasteiger partial charge in [-0.05, 0) is 24.6 Å². The van der Waals surface area contributed by atoms with E-state index in [0.717, 1.165) is 12.8 Å². The molecule has 1 rings (SSSR count). The van der Waals surface area contributed by atoms with Gasteiger partial charge in [0.15, 0.2) is 5.78 Å². The number of ether oxygens (including phenoxy) is 1. The molecule has 6 heteroatoms. The standard InChI is InChI=1S/C15H23NO4S/c1-5-7-10-16(3)21(18,19)15-11-12(13(17)6-2)8-9-14(15)20-4/h8-9,11H,5-7,10H2,1-4H3. The quantitative estimate of drug-likeness (QED) is 0.692. The lowest BCUT2D eigenvalue weighted by Crippen LogP contribution is -2.28. The van der Waals surface area contributed by atoms with Gasteiger partial charge in [-0.2, -0.15) is 0 Å². The van der Waals surface area contributed by atoms with Gasteiger partial charge in [0.25, 0.3) is 0 Å². The zero-order valence-corrected chi connectivity index (χ0v) is 13.9. The van der Waals surface area contributed by atoms with E-state index in [1.165, 1.54) is 23.5 Å². The summed E-state index contributed by atoms with van der Waals surface area (Å²) in [7, 11) is -0.703. The van der Waals surface area contributed by atoms with Crippen LogP contribution in [0, 0.1) is 0 Å². The van der Waals surface area contributed by atoms with E-state index in [1.54, 1.807) is 20.0 Å². The van der Waals surface area contributed by atoms with Crippen LogP contribution in [-0.4, -0.2) is 39.2 Å². The molecule has 0 spiro atoms. The average Bonchev–Trinajstić information content (AvgIpc) is 2.50. The first-order valence-corrected chi connectivity index (χ1v) is 8.50. The third-order valence-corrected chi connectivity index (χ3v) is 5.20. The second-order valence-corrected chi connectivity index (χ2v) is 6.84. The van der Waals surface area contributed by atoms with Crippen molar-refractivity contribution in [2.75, 3.05) is 20.7 Å². The minimum absolute atomic E-state index is 0.0444. The van der Waals surface area contributed by atoms with Gasteiger partial charge in [0.1, 0.15) is 10.6 Å². The summed E-state index contributed by atoms with van der Waals surface area (Å²) in [6.45, 7) is 4.18. The molecule has 0 amide bonds. The van der Waals surface area contributed by atoms with Gasteiger partial charge in [-0.15, -0.1) is 0 Å². The van der Waals surface area contributed by atoms with E-state index in [1.807, 2.05) is 6.92 Å². The summed E-state index contributed by atoms with van der Waals surface area (Å²) in [5, 5.41) is 0. The van der Waals surface area contributed by atoms with Gasteiger partial charge < -0.3 is 4.74 Å². The molecule has 0 N–H and O–H groups in total. The highest BCUT2D eigenvalue weighted by atomic mass is 32.2. The largest absolute Gasteiger partial charge is 0.495 e. The SMILES string of the molecule is CCCCN(C)S(=O)(=O)c1cc(C(=O)CC)ccc1OC. The van der Waals surface area contributed by atoms with Crippen LogP contribution in [0.1, 0.15) is 43.5 Å². The lowest BCUT2D eigenvalue weighted by atomic mass is 10.1. The lowest BCUT2D eigenvalue weighted by Gasteiger charge is -2.19. The number of rotatable bonds is 8. The van der Waals surface area contributed by atoms with Gasteiger partial charge in [0, 0.05) is 25.6 Å². The Morgan fingerprint density at radius 3 is 2.48 bits per heavy atom. The van der Waals surface area contributed by atoms with Crippen LogP contribution in [0.25, 0.3) is 0 Å². The highest BCUT2D eigenvalue weighted by Gasteiger charge is 2.25. The van der Waals surface area contributed by atoms with Crippen molar-refractivity contribution in [2.24, 2.45) is 0 Å². The van der Waals surface area contributed by atoms with Crippen molar-refractivity contribution < 1.29 is 17.9 Å². The summed E-state index contributed by atoms with van der Waals surface area (Å²) in [4.78, 5) is 11.8. The molecule has 1 aromatic carbocycles. The number of benzene rings is 1. The Labute approximate surface area is 127 Å². The Morgan fingerprint density at radius 1 is 1.29 bits per heavy atom. The van der Waals surface area contributed by atoms with Gasteiger partial charge in [-0.25, -0.2) is 12.7 Å². The van der Waals surface area contributed by atoms with Crippen LogP contribution in [0.3, 0.4) is 0 Å². The maximum Gasteiger partial charge on any atom is 0.246 e. The fourth-order valence-electron chi connectivity index (χ4n) is 1.92. The molecule has 0 saturated carbocycles. The molecule has 0 heterocycles. The molecule has 118 valence electrons. The Morgan fingerprint density at radius 2 is 1.95 bits per heavy atom. The van der Waals surface area contributed by atoms with Crippen molar-refractivity contribution in [3.05, 3.63) is 23.8 Å². The predicted molar refractivity (Wildman–Crippen MR) is 82.3 cm³/mol. The highest BCUT2D eigenvalue weighted by molar-refractivity contribution is 7.89. The van der Waals surface area contributed by atoms with Crippen LogP contribution in [0.15, 0.2) is 23.1 Å². The molecule has 0 unspecified atom stereocenters. The van der Waals surface area contributed by atoms with Crippen LogP contribution < -0.4 is 4.74 Å². The van der Waals surface area contributed by atoms with Crippen molar-refractivity contribution in [2.45, 2.75) is 38.0 Å². The summed E-state index contributed by atoms with van der Waals surface area (Å²) in [5.74, 6) is 0.163. The first-order valence-electron chi connectivity index (χ1n) is 7.06. The maximum absolute atomic E-state index is 12.6. The average molecular weight is 313 g/mol. The van der Waals surface area contributed by atoms with Gasteiger partial charge in [0.05, 0.1) is 7.11 Å². The van der Waals surface area contributed by atoms with E-state index in [2.05, 4.69) is 0 Å². The van der Waals surface area contributed by atoms with Crippen molar-refractivity contribution in [3.8, 4) is 5.75 Å². The van der Waals surface area contributed by atoms with Gasteiger partial charge in [0.2, 0.25) is 10.0 Å². The minimum Gasteiger partial charge on any atom is -0.495 e. The number of carbonyl (C=O) groups is 1. The van der Waals surface area contributed by atoms with Gasteiger partial charge >= 0.3 is 0 Å². The predicted octanol–water partition coefficient (Wildman–Crippen LogP) is 2.71. The van der Waals surface area contributed by atoms with Crippen LogP contribution in [0.2, 0.25) is 0 Å². The number of methoxy groups -OCH3 is 1. The Balaban J connectivity index is 3.28. The molecule has 0 aliphatic heterocycles. The number of sulfonamides is 1. The normalized spacial score (nSPS) is 11.7. The summed E-state index contributed by atoms with van der Waals surface area (Å²) >= 11 is 0. The maximum atomic E-state index is 12.6. The molecular weight excluding hydrogens is 290 g/mol. The number of ketones is 1.